The van der Waals surface area contributed by atoms with E-state index in [1.54, 1.807) is 0 Å². The Kier molecular flexibility index (Phi) is 3.08. The maximum atomic E-state index is 12.6. The van der Waals surface area contributed by atoms with Gasteiger partial charge in [0.05, 0.1) is 6.10 Å². The highest BCUT2D eigenvalue weighted by atomic mass is 127. The van der Waals surface area contributed by atoms with Crippen LogP contribution in [0, 0.1) is 5.92 Å². The summed E-state index contributed by atoms with van der Waals surface area (Å²) in [5.74, 6) is -0.522. The van der Waals surface area contributed by atoms with Gasteiger partial charge in [0.25, 0.3) is 3.93 Å². The maximum Gasteiger partial charge on any atom is 0.299 e. The number of rotatable bonds is 1. The van der Waals surface area contributed by atoms with E-state index in [0.717, 1.165) is 0 Å². The maximum absolute atomic E-state index is 12.6. The first-order chi connectivity index (χ1) is 5.00. The van der Waals surface area contributed by atoms with Gasteiger partial charge in [-0.3, -0.25) is 0 Å². The lowest BCUT2D eigenvalue weighted by atomic mass is 9.88. The average Bonchev–Trinajstić information content (AvgIpc) is 1.86. The van der Waals surface area contributed by atoms with Crippen molar-refractivity contribution < 1.29 is 13.9 Å². The van der Waals surface area contributed by atoms with Crippen molar-refractivity contribution in [2.24, 2.45) is 5.92 Å². The zero-order valence-corrected chi connectivity index (χ0v) is 8.22. The van der Waals surface area contributed by atoms with Crippen molar-refractivity contribution in [3.05, 3.63) is 0 Å². The van der Waals surface area contributed by atoms with E-state index in [2.05, 4.69) is 0 Å². The normalized spacial score (nSPS) is 33.8. The Morgan fingerprint density at radius 2 is 1.64 bits per heavy atom. The Labute approximate surface area is 78.3 Å². The van der Waals surface area contributed by atoms with Gasteiger partial charge in [-0.2, -0.15) is 8.78 Å². The van der Waals surface area contributed by atoms with Crippen molar-refractivity contribution in [2.75, 3.05) is 0 Å². The van der Waals surface area contributed by atoms with Crippen molar-refractivity contribution in [1.82, 2.24) is 0 Å². The fourth-order valence-electron chi connectivity index (χ4n) is 1.40. The topological polar surface area (TPSA) is 20.2 Å². The van der Waals surface area contributed by atoms with Crippen LogP contribution >= 0.6 is 22.6 Å². The molecule has 0 saturated heterocycles. The van der Waals surface area contributed by atoms with Gasteiger partial charge < -0.3 is 5.11 Å². The number of hydrogen-bond acceptors (Lipinski definition) is 1. The van der Waals surface area contributed by atoms with Crippen molar-refractivity contribution in [3.63, 3.8) is 0 Å². The first-order valence-corrected chi connectivity index (χ1v) is 4.83. The molecule has 0 aromatic carbocycles. The van der Waals surface area contributed by atoms with Crippen LogP contribution in [0.1, 0.15) is 25.7 Å². The molecule has 1 aliphatic carbocycles. The Morgan fingerprint density at radius 1 is 1.18 bits per heavy atom. The highest BCUT2D eigenvalue weighted by Crippen LogP contribution is 2.40. The molecular formula is C7H11F2IO. The van der Waals surface area contributed by atoms with Crippen molar-refractivity contribution in [3.8, 4) is 0 Å². The second-order valence-electron chi connectivity index (χ2n) is 3.05. The van der Waals surface area contributed by atoms with E-state index in [-0.39, 0.29) is 6.10 Å². The third kappa shape index (κ3) is 2.82. The first kappa shape index (κ1) is 9.64. The highest BCUT2D eigenvalue weighted by Gasteiger charge is 2.38. The molecule has 1 nitrogen and oxygen atoms in total. The van der Waals surface area contributed by atoms with E-state index in [0.29, 0.717) is 25.7 Å². The average molecular weight is 276 g/mol. The molecule has 1 N–H and O–H groups in total. The van der Waals surface area contributed by atoms with Crippen LogP contribution in [0.15, 0.2) is 0 Å². The molecule has 0 bridgehead atoms. The number of halogens is 3. The second-order valence-corrected chi connectivity index (χ2v) is 4.49. The molecule has 0 spiro atoms. The molecule has 0 aromatic heterocycles. The summed E-state index contributed by atoms with van der Waals surface area (Å²) >= 11 is 1.19. The number of aliphatic hydroxyl groups is 1. The largest absolute Gasteiger partial charge is 0.393 e. The molecule has 0 unspecified atom stereocenters. The zero-order valence-electron chi connectivity index (χ0n) is 6.06. The van der Waals surface area contributed by atoms with Gasteiger partial charge in [0.1, 0.15) is 0 Å². The zero-order chi connectivity index (χ0) is 8.48. The third-order valence-corrected chi connectivity index (χ3v) is 3.04. The lowest BCUT2D eigenvalue weighted by Gasteiger charge is -2.28. The molecule has 11 heavy (non-hydrogen) atoms. The Bertz CT molecular complexity index is 127. The summed E-state index contributed by atoms with van der Waals surface area (Å²) in [7, 11) is 0. The fourth-order valence-corrected chi connectivity index (χ4v) is 2.03. The van der Waals surface area contributed by atoms with Gasteiger partial charge >= 0.3 is 0 Å². The van der Waals surface area contributed by atoms with Crippen LogP contribution in [0.4, 0.5) is 8.78 Å². The van der Waals surface area contributed by atoms with Crippen LogP contribution in [0.25, 0.3) is 0 Å². The second kappa shape index (κ2) is 3.51. The van der Waals surface area contributed by atoms with Gasteiger partial charge in [-0.1, -0.05) is 0 Å². The molecule has 4 heteroatoms. The van der Waals surface area contributed by atoms with E-state index >= 15 is 0 Å². The first-order valence-electron chi connectivity index (χ1n) is 3.75. The summed E-state index contributed by atoms with van der Waals surface area (Å²) in [5.41, 5.74) is 0. The SMILES string of the molecule is O[C@H]1CC[C@@H](C(F)(F)I)CC1. The van der Waals surface area contributed by atoms with Gasteiger partial charge in [-0.25, -0.2) is 0 Å². The fraction of sp³-hybridized carbons (Fsp3) is 1.00. The van der Waals surface area contributed by atoms with E-state index in [1.807, 2.05) is 0 Å². The van der Waals surface area contributed by atoms with Crippen LogP contribution in [-0.2, 0) is 0 Å². The minimum absolute atomic E-state index is 0.343. The standard InChI is InChI=1S/C7H11F2IO/c8-7(9,10)5-1-3-6(11)4-2-5/h5-6,11H,1-4H2/t5-,6+. The van der Waals surface area contributed by atoms with E-state index < -0.39 is 9.85 Å². The van der Waals surface area contributed by atoms with Crippen LogP contribution in [-0.4, -0.2) is 15.1 Å². The molecule has 0 amide bonds. The predicted octanol–water partition coefficient (Wildman–Crippen LogP) is 2.57. The van der Waals surface area contributed by atoms with E-state index in [1.165, 1.54) is 22.6 Å². The summed E-state index contributed by atoms with van der Waals surface area (Å²) in [6.07, 6.45) is 1.63. The predicted molar refractivity (Wildman–Crippen MR) is 46.9 cm³/mol. The molecule has 0 radical (unpaired) electrons. The Morgan fingerprint density at radius 3 is 2.00 bits per heavy atom. The summed E-state index contributed by atoms with van der Waals surface area (Å²) < 4.78 is 22.7. The smallest absolute Gasteiger partial charge is 0.299 e. The lowest BCUT2D eigenvalue weighted by Crippen LogP contribution is -2.28. The molecule has 0 aliphatic heterocycles. The quantitative estimate of drug-likeness (QED) is 0.576. The molecule has 0 atom stereocenters. The third-order valence-electron chi connectivity index (χ3n) is 2.16. The molecule has 0 aromatic rings. The van der Waals surface area contributed by atoms with Crippen molar-refractivity contribution >= 4 is 22.6 Å². The molecule has 0 heterocycles. The summed E-state index contributed by atoms with van der Waals surface area (Å²) in [6.45, 7) is 0. The van der Waals surface area contributed by atoms with Crippen LogP contribution in [0.2, 0.25) is 0 Å². The summed E-state index contributed by atoms with van der Waals surface area (Å²) in [5, 5.41) is 9.05. The molecule has 1 aliphatic rings. The summed E-state index contributed by atoms with van der Waals surface area (Å²) in [4.78, 5) is 0. The molecule has 1 fully saturated rings. The number of hydrogen-bond donors (Lipinski definition) is 1. The van der Waals surface area contributed by atoms with Gasteiger partial charge in [-0.15, -0.1) is 0 Å². The summed E-state index contributed by atoms with van der Waals surface area (Å²) in [6, 6.07) is 0. The van der Waals surface area contributed by atoms with Crippen molar-refractivity contribution in [2.45, 2.75) is 35.7 Å². The van der Waals surface area contributed by atoms with Gasteiger partial charge in [-0.05, 0) is 48.3 Å². The molecular weight excluding hydrogens is 265 g/mol. The Hall–Kier alpha value is 0.550. The van der Waals surface area contributed by atoms with Gasteiger partial charge in [0.2, 0.25) is 0 Å². The number of aliphatic hydroxyl groups excluding tert-OH is 1. The minimum Gasteiger partial charge on any atom is -0.393 e. The monoisotopic (exact) mass is 276 g/mol. The lowest BCUT2D eigenvalue weighted by molar-refractivity contribution is 0.00950. The van der Waals surface area contributed by atoms with Crippen molar-refractivity contribution in [1.29, 1.82) is 0 Å². The van der Waals surface area contributed by atoms with Crippen LogP contribution in [0.3, 0.4) is 0 Å². The van der Waals surface area contributed by atoms with E-state index in [4.69, 9.17) is 5.11 Å². The Balaban J connectivity index is 2.39. The number of alkyl halides is 3. The molecule has 1 rings (SSSR count). The van der Waals surface area contributed by atoms with Crippen LogP contribution in [0.5, 0.6) is 0 Å². The highest BCUT2D eigenvalue weighted by molar-refractivity contribution is 14.1. The molecule has 66 valence electrons. The van der Waals surface area contributed by atoms with Crippen LogP contribution < -0.4 is 0 Å². The minimum atomic E-state index is -2.59. The molecule has 1 saturated carbocycles. The van der Waals surface area contributed by atoms with E-state index in [9.17, 15) is 8.78 Å². The van der Waals surface area contributed by atoms with Gasteiger partial charge in [0, 0.05) is 5.92 Å². The van der Waals surface area contributed by atoms with Gasteiger partial charge in [0.15, 0.2) is 0 Å².